The molecule has 0 aliphatic carbocycles. The van der Waals surface area contributed by atoms with Gasteiger partial charge in [-0.2, -0.15) is 13.2 Å². The molecule has 0 unspecified atom stereocenters. The van der Waals surface area contributed by atoms with Gasteiger partial charge in [-0.25, -0.2) is 0 Å². The van der Waals surface area contributed by atoms with E-state index in [1.165, 1.54) is 6.42 Å². The number of halogens is 3. The van der Waals surface area contributed by atoms with Crippen LogP contribution in [0, 0.1) is 0 Å². The molecule has 0 radical (unpaired) electrons. The molecule has 0 saturated carbocycles. The molecule has 0 spiro atoms. The SMILES string of the molecule is C[C@@](O)(CN1CCC(OC[C@H]2CCCCO2)CC1)C(F)(F)F. The lowest BCUT2D eigenvalue weighted by Gasteiger charge is -2.37. The number of hydrogen-bond acceptors (Lipinski definition) is 4. The number of aliphatic hydroxyl groups is 1. The van der Waals surface area contributed by atoms with E-state index in [4.69, 9.17) is 9.47 Å². The van der Waals surface area contributed by atoms with Gasteiger partial charge in [0.2, 0.25) is 0 Å². The molecule has 130 valence electrons. The van der Waals surface area contributed by atoms with E-state index >= 15 is 0 Å². The van der Waals surface area contributed by atoms with Gasteiger partial charge in [-0.05, 0) is 39.0 Å². The first-order chi connectivity index (χ1) is 10.3. The lowest BCUT2D eigenvalue weighted by Crippen LogP contribution is -2.53. The lowest BCUT2D eigenvalue weighted by atomic mass is 10.0. The highest BCUT2D eigenvalue weighted by Crippen LogP contribution is 2.31. The number of piperidine rings is 1. The third kappa shape index (κ3) is 5.08. The zero-order valence-corrected chi connectivity index (χ0v) is 13.1. The van der Waals surface area contributed by atoms with Gasteiger partial charge in [0.15, 0.2) is 5.60 Å². The van der Waals surface area contributed by atoms with Crippen molar-refractivity contribution in [3.8, 4) is 0 Å². The summed E-state index contributed by atoms with van der Waals surface area (Å²) in [5.74, 6) is 0. The fraction of sp³-hybridized carbons (Fsp3) is 1.00. The minimum atomic E-state index is -4.60. The summed E-state index contributed by atoms with van der Waals surface area (Å²) in [6.07, 6.45) is 0.329. The Hall–Kier alpha value is -0.370. The third-order valence-electron chi connectivity index (χ3n) is 4.47. The molecule has 0 amide bonds. The molecule has 4 nitrogen and oxygen atoms in total. The summed E-state index contributed by atoms with van der Waals surface area (Å²) in [4.78, 5) is 1.66. The standard InChI is InChI=1S/C15H26F3NO3/c1-14(20,15(16,17)18)11-19-7-5-12(6-8-19)22-10-13-4-2-3-9-21-13/h12-13,20H,2-11H2,1H3/t13-,14-/m1/s1. The van der Waals surface area contributed by atoms with Crippen molar-refractivity contribution in [2.75, 3.05) is 32.8 Å². The summed E-state index contributed by atoms with van der Waals surface area (Å²) in [6, 6.07) is 0. The molecule has 0 aromatic heterocycles. The topological polar surface area (TPSA) is 41.9 Å². The van der Waals surface area contributed by atoms with Crippen LogP contribution in [0.5, 0.6) is 0 Å². The first kappa shape index (κ1) is 18.0. The van der Waals surface area contributed by atoms with Gasteiger partial charge in [0, 0.05) is 26.2 Å². The second-order valence-electron chi connectivity index (χ2n) is 6.57. The number of β-amino-alcohol motifs (C(OH)–C–C–N with tert-alkyl or cyclic N) is 1. The highest BCUT2D eigenvalue weighted by atomic mass is 19.4. The molecule has 2 atom stereocenters. The molecule has 2 aliphatic heterocycles. The summed E-state index contributed by atoms with van der Waals surface area (Å²) >= 11 is 0. The Kier molecular flexibility index (Phi) is 6.10. The molecular formula is C15H26F3NO3. The maximum absolute atomic E-state index is 12.7. The van der Waals surface area contributed by atoms with E-state index in [0.29, 0.717) is 32.5 Å². The molecule has 2 rings (SSSR count). The number of hydrogen-bond donors (Lipinski definition) is 1. The summed E-state index contributed by atoms with van der Waals surface area (Å²) in [5.41, 5.74) is -2.66. The van der Waals surface area contributed by atoms with Crippen molar-refractivity contribution in [1.82, 2.24) is 4.90 Å². The maximum Gasteiger partial charge on any atom is 0.418 e. The number of alkyl halides is 3. The lowest BCUT2D eigenvalue weighted by molar-refractivity contribution is -0.258. The van der Waals surface area contributed by atoms with Gasteiger partial charge in [0.1, 0.15) is 0 Å². The summed E-state index contributed by atoms with van der Waals surface area (Å²) in [5, 5.41) is 9.53. The van der Waals surface area contributed by atoms with E-state index in [1.54, 1.807) is 4.90 Å². The molecule has 2 heterocycles. The Morgan fingerprint density at radius 3 is 2.41 bits per heavy atom. The Morgan fingerprint density at radius 2 is 1.86 bits per heavy atom. The van der Waals surface area contributed by atoms with E-state index in [0.717, 1.165) is 26.4 Å². The van der Waals surface area contributed by atoms with Crippen LogP contribution in [0.25, 0.3) is 0 Å². The van der Waals surface area contributed by atoms with Gasteiger partial charge in [-0.1, -0.05) is 0 Å². The molecule has 2 fully saturated rings. The largest absolute Gasteiger partial charge is 0.418 e. The van der Waals surface area contributed by atoms with Crippen molar-refractivity contribution >= 4 is 0 Å². The van der Waals surface area contributed by atoms with Crippen LogP contribution in [0.4, 0.5) is 13.2 Å². The highest BCUT2D eigenvalue weighted by Gasteiger charge is 2.50. The minimum absolute atomic E-state index is 0.0811. The molecule has 2 aliphatic rings. The van der Waals surface area contributed by atoms with Gasteiger partial charge in [-0.3, -0.25) is 4.90 Å². The van der Waals surface area contributed by atoms with E-state index in [1.807, 2.05) is 0 Å². The van der Waals surface area contributed by atoms with Crippen molar-refractivity contribution in [2.45, 2.75) is 63.0 Å². The smallest absolute Gasteiger partial charge is 0.380 e. The van der Waals surface area contributed by atoms with Crippen molar-refractivity contribution < 1.29 is 27.8 Å². The van der Waals surface area contributed by atoms with Crippen LogP contribution >= 0.6 is 0 Å². The predicted octanol–water partition coefficient (Wildman–Crippen LogP) is 2.35. The third-order valence-corrected chi connectivity index (χ3v) is 4.47. The summed E-state index contributed by atoms with van der Waals surface area (Å²) in [7, 11) is 0. The molecule has 22 heavy (non-hydrogen) atoms. The zero-order chi connectivity index (χ0) is 16.2. The van der Waals surface area contributed by atoms with Crippen LogP contribution in [0.2, 0.25) is 0 Å². The van der Waals surface area contributed by atoms with Crippen LogP contribution in [-0.2, 0) is 9.47 Å². The number of ether oxygens (including phenoxy) is 2. The van der Waals surface area contributed by atoms with Gasteiger partial charge in [0.05, 0.1) is 18.8 Å². The number of nitrogens with zero attached hydrogens (tertiary/aromatic N) is 1. The van der Waals surface area contributed by atoms with Crippen molar-refractivity contribution in [2.24, 2.45) is 0 Å². The molecule has 1 N–H and O–H groups in total. The predicted molar refractivity (Wildman–Crippen MR) is 75.7 cm³/mol. The second-order valence-corrected chi connectivity index (χ2v) is 6.57. The van der Waals surface area contributed by atoms with Gasteiger partial charge >= 0.3 is 6.18 Å². The Bertz CT molecular complexity index is 335. The summed E-state index contributed by atoms with van der Waals surface area (Å²) in [6.45, 7) is 2.85. The zero-order valence-electron chi connectivity index (χ0n) is 13.1. The van der Waals surface area contributed by atoms with E-state index in [9.17, 15) is 18.3 Å². The normalized spacial score (nSPS) is 28.5. The van der Waals surface area contributed by atoms with Crippen LogP contribution < -0.4 is 0 Å². The van der Waals surface area contributed by atoms with E-state index in [-0.39, 0.29) is 18.8 Å². The Balaban J connectivity index is 1.67. The summed E-state index contributed by atoms with van der Waals surface area (Å²) < 4.78 is 49.5. The Labute approximate surface area is 129 Å². The van der Waals surface area contributed by atoms with E-state index in [2.05, 4.69) is 0 Å². The minimum Gasteiger partial charge on any atom is -0.380 e. The second kappa shape index (κ2) is 7.47. The fourth-order valence-corrected chi connectivity index (χ4v) is 2.94. The van der Waals surface area contributed by atoms with E-state index < -0.39 is 11.8 Å². The molecule has 0 aromatic rings. The average Bonchev–Trinajstić information content (AvgIpc) is 2.46. The maximum atomic E-state index is 12.7. The van der Waals surface area contributed by atoms with Gasteiger partial charge in [0.25, 0.3) is 0 Å². The molecule has 0 bridgehead atoms. The first-order valence-electron chi connectivity index (χ1n) is 8.02. The Morgan fingerprint density at radius 1 is 1.18 bits per heavy atom. The molecular weight excluding hydrogens is 299 g/mol. The molecule has 2 saturated heterocycles. The average molecular weight is 325 g/mol. The number of rotatable bonds is 5. The highest BCUT2D eigenvalue weighted by molar-refractivity contribution is 4.87. The van der Waals surface area contributed by atoms with Gasteiger partial charge < -0.3 is 14.6 Å². The fourth-order valence-electron chi connectivity index (χ4n) is 2.94. The molecule has 0 aromatic carbocycles. The molecule has 7 heteroatoms. The van der Waals surface area contributed by atoms with Gasteiger partial charge in [-0.15, -0.1) is 0 Å². The van der Waals surface area contributed by atoms with Crippen LogP contribution in [0.1, 0.15) is 39.0 Å². The van der Waals surface area contributed by atoms with Crippen molar-refractivity contribution in [3.05, 3.63) is 0 Å². The van der Waals surface area contributed by atoms with Crippen LogP contribution in [-0.4, -0.2) is 66.8 Å². The van der Waals surface area contributed by atoms with Crippen LogP contribution in [0.3, 0.4) is 0 Å². The van der Waals surface area contributed by atoms with Crippen molar-refractivity contribution in [3.63, 3.8) is 0 Å². The van der Waals surface area contributed by atoms with Crippen molar-refractivity contribution in [1.29, 1.82) is 0 Å². The quantitative estimate of drug-likeness (QED) is 0.842. The number of likely N-dealkylation sites (tertiary alicyclic amines) is 1. The monoisotopic (exact) mass is 325 g/mol. The first-order valence-corrected chi connectivity index (χ1v) is 8.02. The van der Waals surface area contributed by atoms with Crippen LogP contribution in [0.15, 0.2) is 0 Å².